The average Bonchev–Trinajstić information content (AvgIpc) is 2.58. The number of benzene rings is 1. The zero-order valence-electron chi connectivity index (χ0n) is 10.4. The van der Waals surface area contributed by atoms with Gasteiger partial charge in [-0.05, 0) is 52.5 Å². The molecule has 0 aliphatic heterocycles. The van der Waals surface area contributed by atoms with E-state index in [1.54, 1.807) is 12.1 Å². The number of nitrogens with one attached hydrogen (secondary N) is 1. The van der Waals surface area contributed by atoms with Gasteiger partial charge in [-0.2, -0.15) is 0 Å². The monoisotopic (exact) mass is 309 g/mol. The predicted octanol–water partition coefficient (Wildman–Crippen LogP) is 2.71. The third kappa shape index (κ3) is 2.51. The summed E-state index contributed by atoms with van der Waals surface area (Å²) in [6, 6.07) is 7.19. The molecule has 4 nitrogen and oxygen atoms in total. The number of rotatable bonds is 3. The van der Waals surface area contributed by atoms with Gasteiger partial charge in [0.15, 0.2) is 0 Å². The summed E-state index contributed by atoms with van der Waals surface area (Å²) in [5, 5.41) is 3.13. The molecule has 1 heterocycles. The number of hydrogen-bond donors (Lipinski definition) is 2. The SMILES string of the molecule is CC(C)Cc1[nH]n(-c2ccc(N)cc2)c(=O)c1Br. The highest BCUT2D eigenvalue weighted by atomic mass is 79.9. The van der Waals surface area contributed by atoms with E-state index < -0.39 is 0 Å². The summed E-state index contributed by atoms with van der Waals surface area (Å²) in [4.78, 5) is 12.1. The molecule has 18 heavy (non-hydrogen) atoms. The number of aromatic amines is 1. The molecule has 5 heteroatoms. The fraction of sp³-hybridized carbons (Fsp3) is 0.308. The molecule has 0 amide bonds. The van der Waals surface area contributed by atoms with Gasteiger partial charge in [-0.1, -0.05) is 13.8 Å². The number of halogens is 1. The maximum Gasteiger partial charge on any atom is 0.285 e. The van der Waals surface area contributed by atoms with E-state index in [1.165, 1.54) is 4.68 Å². The second-order valence-corrected chi connectivity index (χ2v) is 5.53. The average molecular weight is 310 g/mol. The fourth-order valence-corrected chi connectivity index (χ4v) is 2.24. The molecule has 0 saturated heterocycles. The molecule has 0 aliphatic rings. The number of aromatic nitrogens is 2. The molecular formula is C13H16BrN3O. The van der Waals surface area contributed by atoms with Gasteiger partial charge in [0.1, 0.15) is 4.47 Å². The first-order chi connectivity index (χ1) is 8.49. The van der Waals surface area contributed by atoms with E-state index >= 15 is 0 Å². The van der Waals surface area contributed by atoms with Crippen LogP contribution >= 0.6 is 15.9 Å². The van der Waals surface area contributed by atoms with Crippen molar-refractivity contribution in [3.05, 3.63) is 44.8 Å². The van der Waals surface area contributed by atoms with Crippen molar-refractivity contribution in [3.8, 4) is 5.69 Å². The lowest BCUT2D eigenvalue weighted by Gasteiger charge is -2.04. The second kappa shape index (κ2) is 5.02. The van der Waals surface area contributed by atoms with E-state index in [1.807, 2.05) is 12.1 Å². The Morgan fingerprint density at radius 3 is 2.50 bits per heavy atom. The lowest BCUT2D eigenvalue weighted by Crippen LogP contribution is -2.14. The van der Waals surface area contributed by atoms with Crippen LogP contribution in [0.5, 0.6) is 0 Å². The Hall–Kier alpha value is -1.49. The topological polar surface area (TPSA) is 63.8 Å². The van der Waals surface area contributed by atoms with Crippen molar-refractivity contribution in [2.24, 2.45) is 5.92 Å². The first-order valence-corrected chi connectivity index (χ1v) is 6.63. The minimum absolute atomic E-state index is 0.0737. The number of anilines is 1. The van der Waals surface area contributed by atoms with E-state index in [4.69, 9.17) is 5.73 Å². The van der Waals surface area contributed by atoms with Crippen LogP contribution in [-0.4, -0.2) is 9.78 Å². The zero-order valence-corrected chi connectivity index (χ0v) is 12.0. The largest absolute Gasteiger partial charge is 0.399 e. The summed E-state index contributed by atoms with van der Waals surface area (Å²) < 4.78 is 2.13. The second-order valence-electron chi connectivity index (χ2n) is 4.73. The lowest BCUT2D eigenvalue weighted by molar-refractivity contribution is 0.626. The summed E-state index contributed by atoms with van der Waals surface area (Å²) in [7, 11) is 0. The highest BCUT2D eigenvalue weighted by Gasteiger charge is 2.13. The number of nitrogens with zero attached hydrogens (tertiary/aromatic N) is 1. The van der Waals surface area contributed by atoms with Crippen molar-refractivity contribution >= 4 is 21.6 Å². The molecular weight excluding hydrogens is 294 g/mol. The first kappa shape index (κ1) is 13.0. The smallest absolute Gasteiger partial charge is 0.285 e. The molecule has 0 aliphatic carbocycles. The highest BCUT2D eigenvalue weighted by molar-refractivity contribution is 9.10. The Morgan fingerprint density at radius 1 is 1.33 bits per heavy atom. The summed E-state index contributed by atoms with van der Waals surface area (Å²) in [6.45, 7) is 4.23. The Morgan fingerprint density at radius 2 is 1.94 bits per heavy atom. The standard InChI is InChI=1S/C13H16BrN3O/c1-8(2)7-11-12(14)13(18)17(16-11)10-5-3-9(15)4-6-10/h3-6,8,16H,7,15H2,1-2H3. The minimum atomic E-state index is -0.0737. The normalized spacial score (nSPS) is 11.1. The summed E-state index contributed by atoms with van der Waals surface area (Å²) in [6.07, 6.45) is 0.831. The van der Waals surface area contributed by atoms with E-state index in [0.717, 1.165) is 17.8 Å². The zero-order chi connectivity index (χ0) is 13.3. The highest BCUT2D eigenvalue weighted by Crippen LogP contribution is 2.16. The van der Waals surface area contributed by atoms with Gasteiger partial charge in [0.2, 0.25) is 0 Å². The van der Waals surface area contributed by atoms with Crippen LogP contribution in [0.2, 0.25) is 0 Å². The maximum atomic E-state index is 12.1. The van der Waals surface area contributed by atoms with Crippen LogP contribution in [0, 0.1) is 5.92 Å². The van der Waals surface area contributed by atoms with Crippen LogP contribution in [0.3, 0.4) is 0 Å². The van der Waals surface area contributed by atoms with E-state index in [2.05, 4.69) is 34.9 Å². The predicted molar refractivity (Wildman–Crippen MR) is 77.0 cm³/mol. The molecule has 0 bridgehead atoms. The van der Waals surface area contributed by atoms with Crippen LogP contribution < -0.4 is 11.3 Å². The molecule has 2 aromatic rings. The van der Waals surface area contributed by atoms with Crippen LogP contribution in [0.1, 0.15) is 19.5 Å². The number of nitrogen functional groups attached to an aromatic ring is 1. The number of nitrogens with two attached hydrogens (primary N) is 1. The number of H-pyrrole nitrogens is 1. The van der Waals surface area contributed by atoms with E-state index in [0.29, 0.717) is 16.1 Å². The Labute approximate surface area is 114 Å². The fourth-order valence-electron chi connectivity index (χ4n) is 1.81. The van der Waals surface area contributed by atoms with E-state index in [-0.39, 0.29) is 5.56 Å². The van der Waals surface area contributed by atoms with Gasteiger partial charge in [0.25, 0.3) is 5.56 Å². The Bertz CT molecular complexity index is 596. The van der Waals surface area contributed by atoms with Gasteiger partial charge in [0.05, 0.1) is 11.4 Å². The quantitative estimate of drug-likeness (QED) is 0.856. The molecule has 0 spiro atoms. The van der Waals surface area contributed by atoms with Crippen molar-refractivity contribution in [1.82, 2.24) is 9.78 Å². The molecule has 1 aromatic heterocycles. The van der Waals surface area contributed by atoms with Crippen molar-refractivity contribution in [2.75, 3.05) is 5.73 Å². The summed E-state index contributed by atoms with van der Waals surface area (Å²) in [5.74, 6) is 0.485. The van der Waals surface area contributed by atoms with Gasteiger partial charge in [0, 0.05) is 5.69 Å². The van der Waals surface area contributed by atoms with Crippen LogP contribution in [0.4, 0.5) is 5.69 Å². The molecule has 3 N–H and O–H groups in total. The third-order valence-corrected chi connectivity index (χ3v) is 3.48. The third-order valence-electron chi connectivity index (χ3n) is 2.67. The Balaban J connectivity index is 2.46. The minimum Gasteiger partial charge on any atom is -0.399 e. The van der Waals surface area contributed by atoms with Gasteiger partial charge in [-0.3, -0.25) is 9.89 Å². The van der Waals surface area contributed by atoms with Crippen LogP contribution in [-0.2, 0) is 6.42 Å². The summed E-state index contributed by atoms with van der Waals surface area (Å²) >= 11 is 3.35. The van der Waals surface area contributed by atoms with Crippen molar-refractivity contribution in [2.45, 2.75) is 20.3 Å². The Kier molecular flexibility index (Phi) is 3.61. The van der Waals surface area contributed by atoms with Gasteiger partial charge in [-0.15, -0.1) is 0 Å². The molecule has 0 unspecified atom stereocenters. The molecule has 2 rings (SSSR count). The number of hydrogen-bond acceptors (Lipinski definition) is 2. The molecule has 0 atom stereocenters. The lowest BCUT2D eigenvalue weighted by atomic mass is 10.1. The van der Waals surface area contributed by atoms with Crippen molar-refractivity contribution in [1.29, 1.82) is 0 Å². The molecule has 1 aromatic carbocycles. The molecule has 0 radical (unpaired) electrons. The van der Waals surface area contributed by atoms with Crippen LogP contribution in [0.15, 0.2) is 33.5 Å². The van der Waals surface area contributed by atoms with Gasteiger partial charge >= 0.3 is 0 Å². The first-order valence-electron chi connectivity index (χ1n) is 5.84. The molecule has 96 valence electrons. The van der Waals surface area contributed by atoms with Crippen molar-refractivity contribution in [3.63, 3.8) is 0 Å². The van der Waals surface area contributed by atoms with Gasteiger partial charge in [-0.25, -0.2) is 4.68 Å². The van der Waals surface area contributed by atoms with E-state index in [9.17, 15) is 4.79 Å². The van der Waals surface area contributed by atoms with Crippen LogP contribution in [0.25, 0.3) is 5.69 Å². The van der Waals surface area contributed by atoms with Crippen molar-refractivity contribution < 1.29 is 0 Å². The molecule has 0 fully saturated rings. The maximum absolute atomic E-state index is 12.1. The molecule has 0 saturated carbocycles. The summed E-state index contributed by atoms with van der Waals surface area (Å²) in [5.41, 5.74) is 7.95. The van der Waals surface area contributed by atoms with Gasteiger partial charge < -0.3 is 5.73 Å².